The fourth-order valence-electron chi connectivity index (χ4n) is 6.22. The SMILES string of the molecule is O=C(CC12C[C@H]3C[C@@H](CC(O)(C3)C1)C2)OCc1ncc(-c2ccccc2)o1. The molecule has 0 amide bonds. The molecule has 142 valence electrons. The van der Waals surface area contributed by atoms with E-state index in [9.17, 15) is 9.90 Å². The van der Waals surface area contributed by atoms with Crippen LogP contribution in [-0.2, 0) is 16.1 Å². The fraction of sp³-hybridized carbons (Fsp3) is 0.545. The summed E-state index contributed by atoms with van der Waals surface area (Å²) < 4.78 is 11.2. The molecule has 1 heterocycles. The number of aromatic nitrogens is 1. The Kier molecular flexibility index (Phi) is 3.90. The van der Waals surface area contributed by atoms with E-state index in [1.54, 1.807) is 6.20 Å². The van der Waals surface area contributed by atoms with Crippen LogP contribution in [0.2, 0.25) is 0 Å². The van der Waals surface area contributed by atoms with Gasteiger partial charge >= 0.3 is 5.97 Å². The topological polar surface area (TPSA) is 72.6 Å². The van der Waals surface area contributed by atoms with Crippen LogP contribution in [0.25, 0.3) is 11.3 Å². The summed E-state index contributed by atoms with van der Waals surface area (Å²) in [5.74, 6) is 2.02. The second-order valence-electron chi connectivity index (χ2n) is 9.01. The Balaban J connectivity index is 1.20. The predicted molar refractivity (Wildman–Crippen MR) is 98.4 cm³/mol. The molecule has 4 fully saturated rings. The summed E-state index contributed by atoms with van der Waals surface area (Å²) in [4.78, 5) is 16.7. The van der Waals surface area contributed by atoms with Gasteiger partial charge in [-0.05, 0) is 55.8 Å². The molecule has 27 heavy (non-hydrogen) atoms. The predicted octanol–water partition coefficient (Wildman–Crippen LogP) is 4.11. The Hall–Kier alpha value is -2.14. The summed E-state index contributed by atoms with van der Waals surface area (Å²) in [6.07, 6.45) is 7.96. The smallest absolute Gasteiger partial charge is 0.306 e. The van der Waals surface area contributed by atoms with E-state index in [-0.39, 0.29) is 18.0 Å². The zero-order valence-corrected chi connectivity index (χ0v) is 15.4. The van der Waals surface area contributed by atoms with Gasteiger partial charge in [-0.1, -0.05) is 30.3 Å². The Morgan fingerprint density at radius 3 is 2.63 bits per heavy atom. The van der Waals surface area contributed by atoms with Crippen LogP contribution in [0.15, 0.2) is 40.9 Å². The van der Waals surface area contributed by atoms with Crippen molar-refractivity contribution in [1.82, 2.24) is 4.98 Å². The number of rotatable bonds is 5. The minimum absolute atomic E-state index is 0.0544. The molecule has 4 aliphatic rings. The first-order chi connectivity index (χ1) is 13.0. The average Bonchev–Trinajstić information content (AvgIpc) is 3.07. The normalized spacial score (nSPS) is 34.0. The number of hydrogen-bond acceptors (Lipinski definition) is 5. The summed E-state index contributed by atoms with van der Waals surface area (Å²) in [6, 6.07) is 9.74. The van der Waals surface area contributed by atoms with Crippen molar-refractivity contribution in [2.75, 3.05) is 0 Å². The largest absolute Gasteiger partial charge is 0.456 e. The lowest BCUT2D eigenvalue weighted by Crippen LogP contribution is -2.56. The molecule has 5 heteroatoms. The first-order valence-electron chi connectivity index (χ1n) is 9.89. The monoisotopic (exact) mass is 367 g/mol. The number of aliphatic hydroxyl groups is 1. The molecule has 2 atom stereocenters. The van der Waals surface area contributed by atoms with Crippen molar-refractivity contribution in [2.45, 2.75) is 57.2 Å². The highest BCUT2D eigenvalue weighted by Gasteiger charge is 2.57. The van der Waals surface area contributed by atoms with Crippen molar-refractivity contribution in [2.24, 2.45) is 17.3 Å². The first-order valence-corrected chi connectivity index (χ1v) is 9.89. The van der Waals surface area contributed by atoms with Crippen LogP contribution in [0.5, 0.6) is 0 Å². The van der Waals surface area contributed by atoms with E-state index in [1.807, 2.05) is 30.3 Å². The molecule has 4 saturated carbocycles. The van der Waals surface area contributed by atoms with Gasteiger partial charge in [-0.3, -0.25) is 4.79 Å². The molecule has 0 saturated heterocycles. The summed E-state index contributed by atoms with van der Waals surface area (Å²) >= 11 is 0. The van der Waals surface area contributed by atoms with Crippen molar-refractivity contribution in [1.29, 1.82) is 0 Å². The molecule has 1 N–H and O–H groups in total. The van der Waals surface area contributed by atoms with E-state index >= 15 is 0 Å². The quantitative estimate of drug-likeness (QED) is 0.805. The molecule has 4 bridgehead atoms. The highest BCUT2D eigenvalue weighted by Crippen LogP contribution is 2.62. The standard InChI is InChI=1S/C22H25NO4/c24-20(11-21-7-15-6-16(8-21)10-22(25,9-15)14-21)26-13-19-23-12-18(27-19)17-4-2-1-3-5-17/h1-5,12,15-16,25H,6-11,13-14H2/t15-,16-,21?,22?/m1/s1. The molecule has 1 aromatic heterocycles. The lowest BCUT2D eigenvalue weighted by molar-refractivity contribution is -0.177. The summed E-state index contributed by atoms with van der Waals surface area (Å²) in [6.45, 7) is 0.0544. The van der Waals surface area contributed by atoms with E-state index in [0.717, 1.165) is 37.7 Å². The second-order valence-corrected chi connectivity index (χ2v) is 9.01. The van der Waals surface area contributed by atoms with Gasteiger partial charge in [-0.2, -0.15) is 0 Å². The van der Waals surface area contributed by atoms with Crippen LogP contribution in [0.1, 0.15) is 50.8 Å². The Labute approximate surface area is 158 Å². The molecule has 1 aromatic carbocycles. The number of nitrogens with zero attached hydrogens (tertiary/aromatic N) is 1. The number of oxazole rings is 1. The third-order valence-electron chi connectivity index (χ3n) is 6.64. The lowest BCUT2D eigenvalue weighted by Gasteiger charge is -2.60. The van der Waals surface area contributed by atoms with Gasteiger partial charge in [-0.25, -0.2) is 4.98 Å². The van der Waals surface area contributed by atoms with Crippen molar-refractivity contribution >= 4 is 5.97 Å². The van der Waals surface area contributed by atoms with E-state index in [4.69, 9.17) is 9.15 Å². The van der Waals surface area contributed by atoms with Crippen LogP contribution in [0, 0.1) is 17.3 Å². The third-order valence-corrected chi connectivity index (χ3v) is 6.64. The highest BCUT2D eigenvalue weighted by atomic mass is 16.5. The number of esters is 1. The zero-order valence-electron chi connectivity index (χ0n) is 15.4. The molecule has 0 radical (unpaired) electrons. The number of ether oxygens (including phenoxy) is 1. The van der Waals surface area contributed by atoms with Crippen LogP contribution in [-0.4, -0.2) is 21.7 Å². The minimum Gasteiger partial charge on any atom is -0.456 e. The van der Waals surface area contributed by atoms with Crippen LogP contribution >= 0.6 is 0 Å². The molecule has 4 aliphatic carbocycles. The first kappa shape index (κ1) is 17.0. The van der Waals surface area contributed by atoms with Gasteiger partial charge in [0, 0.05) is 5.56 Å². The average molecular weight is 367 g/mol. The molecular formula is C22H25NO4. The van der Waals surface area contributed by atoms with Gasteiger partial charge in [0.1, 0.15) is 0 Å². The number of hydrogen-bond donors (Lipinski definition) is 1. The Bertz CT molecular complexity index is 829. The van der Waals surface area contributed by atoms with Crippen molar-refractivity contribution < 1.29 is 19.1 Å². The van der Waals surface area contributed by atoms with Gasteiger partial charge < -0.3 is 14.3 Å². The molecule has 5 nitrogen and oxygen atoms in total. The molecule has 0 spiro atoms. The Morgan fingerprint density at radius 2 is 1.93 bits per heavy atom. The summed E-state index contributed by atoms with van der Waals surface area (Å²) in [7, 11) is 0. The molecular weight excluding hydrogens is 342 g/mol. The van der Waals surface area contributed by atoms with Gasteiger partial charge in [0.2, 0.25) is 5.89 Å². The van der Waals surface area contributed by atoms with Gasteiger partial charge in [0.05, 0.1) is 18.2 Å². The maximum Gasteiger partial charge on any atom is 0.306 e. The highest BCUT2D eigenvalue weighted by molar-refractivity contribution is 5.70. The maximum absolute atomic E-state index is 12.5. The van der Waals surface area contributed by atoms with E-state index < -0.39 is 5.60 Å². The Morgan fingerprint density at radius 1 is 1.19 bits per heavy atom. The fourth-order valence-corrected chi connectivity index (χ4v) is 6.22. The van der Waals surface area contributed by atoms with Crippen LogP contribution < -0.4 is 0 Å². The van der Waals surface area contributed by atoms with E-state index in [2.05, 4.69) is 4.98 Å². The molecule has 0 aliphatic heterocycles. The van der Waals surface area contributed by atoms with Gasteiger partial charge in [0.25, 0.3) is 0 Å². The van der Waals surface area contributed by atoms with Gasteiger partial charge in [-0.15, -0.1) is 0 Å². The van der Waals surface area contributed by atoms with E-state index in [0.29, 0.717) is 29.9 Å². The number of carbonyl (C=O) groups excluding carboxylic acids is 1. The molecule has 0 unspecified atom stereocenters. The van der Waals surface area contributed by atoms with Crippen molar-refractivity contribution in [3.8, 4) is 11.3 Å². The number of benzene rings is 1. The molecule has 2 aromatic rings. The molecule has 6 rings (SSSR count). The summed E-state index contributed by atoms with van der Waals surface area (Å²) in [5, 5.41) is 10.8. The van der Waals surface area contributed by atoms with Crippen molar-refractivity contribution in [3.05, 3.63) is 42.4 Å². The van der Waals surface area contributed by atoms with Crippen LogP contribution in [0.4, 0.5) is 0 Å². The minimum atomic E-state index is -0.544. The number of carbonyl (C=O) groups is 1. The maximum atomic E-state index is 12.5. The lowest BCUT2D eigenvalue weighted by atomic mass is 9.47. The second kappa shape index (κ2) is 6.20. The zero-order chi connectivity index (χ0) is 18.5. The van der Waals surface area contributed by atoms with Gasteiger partial charge in [0.15, 0.2) is 12.4 Å². The van der Waals surface area contributed by atoms with Crippen LogP contribution in [0.3, 0.4) is 0 Å². The van der Waals surface area contributed by atoms with E-state index in [1.165, 1.54) is 6.42 Å². The third kappa shape index (κ3) is 3.29. The van der Waals surface area contributed by atoms with Crippen molar-refractivity contribution in [3.63, 3.8) is 0 Å². The summed E-state index contributed by atoms with van der Waals surface area (Å²) in [5.41, 5.74) is 0.337.